The van der Waals surface area contributed by atoms with E-state index in [9.17, 15) is 4.79 Å². The molecule has 0 saturated carbocycles. The standard InChI is InChI=1S/C21H32N6O/c1-15(2)14-26-20(24-25-27(16(3)4)17(5)6)19(13-23-26)12-22-21(28)18-10-8-7-9-11-18/h7-11,13,15-17H,12,14H2,1-6H3,(H,22,28)/b25-24+. The highest BCUT2D eigenvalue weighted by atomic mass is 16.1. The van der Waals surface area contributed by atoms with E-state index in [1.165, 1.54) is 0 Å². The highest BCUT2D eigenvalue weighted by Crippen LogP contribution is 2.22. The molecule has 0 spiro atoms. The molecule has 152 valence electrons. The summed E-state index contributed by atoms with van der Waals surface area (Å²) in [5.41, 5.74) is 1.48. The average Bonchev–Trinajstić information content (AvgIpc) is 3.01. The number of hydrogen-bond donors (Lipinski definition) is 1. The monoisotopic (exact) mass is 384 g/mol. The molecule has 1 heterocycles. The fourth-order valence-electron chi connectivity index (χ4n) is 2.90. The minimum atomic E-state index is -0.119. The molecule has 0 fully saturated rings. The smallest absolute Gasteiger partial charge is 0.251 e. The number of amides is 1. The number of hydrogen-bond acceptors (Lipinski definition) is 4. The van der Waals surface area contributed by atoms with Gasteiger partial charge in [-0.3, -0.25) is 9.80 Å². The van der Waals surface area contributed by atoms with Gasteiger partial charge in [0.05, 0.1) is 6.20 Å². The molecule has 7 nitrogen and oxygen atoms in total. The van der Waals surface area contributed by atoms with Crippen LogP contribution >= 0.6 is 0 Å². The second-order valence-electron chi connectivity index (χ2n) is 7.88. The first kappa shape index (κ1) is 21.6. The minimum absolute atomic E-state index is 0.119. The third-order valence-corrected chi connectivity index (χ3v) is 4.20. The van der Waals surface area contributed by atoms with Gasteiger partial charge in [-0.05, 0) is 45.7 Å². The molecule has 0 aliphatic rings. The molecular weight excluding hydrogens is 352 g/mol. The van der Waals surface area contributed by atoms with Gasteiger partial charge in [0.25, 0.3) is 5.91 Å². The van der Waals surface area contributed by atoms with Crippen molar-refractivity contribution >= 4 is 11.7 Å². The van der Waals surface area contributed by atoms with Crippen molar-refractivity contribution in [2.24, 2.45) is 16.3 Å². The van der Waals surface area contributed by atoms with E-state index in [0.29, 0.717) is 23.8 Å². The maximum Gasteiger partial charge on any atom is 0.251 e. The number of nitrogens with zero attached hydrogens (tertiary/aromatic N) is 5. The molecule has 28 heavy (non-hydrogen) atoms. The molecule has 1 aromatic heterocycles. The Balaban J connectivity index is 2.21. The first-order valence-electron chi connectivity index (χ1n) is 9.87. The summed E-state index contributed by atoms with van der Waals surface area (Å²) in [5, 5.41) is 18.3. The van der Waals surface area contributed by atoms with Crippen molar-refractivity contribution in [3.8, 4) is 0 Å². The van der Waals surface area contributed by atoms with Gasteiger partial charge < -0.3 is 5.32 Å². The summed E-state index contributed by atoms with van der Waals surface area (Å²) in [6.07, 6.45) is 1.76. The Morgan fingerprint density at radius 2 is 1.75 bits per heavy atom. The third kappa shape index (κ3) is 5.90. The van der Waals surface area contributed by atoms with Gasteiger partial charge in [-0.2, -0.15) is 5.10 Å². The summed E-state index contributed by atoms with van der Waals surface area (Å²) in [4.78, 5) is 12.4. The Labute approximate surface area is 167 Å². The molecule has 0 bridgehead atoms. The van der Waals surface area contributed by atoms with Gasteiger partial charge in [-0.25, -0.2) is 4.68 Å². The van der Waals surface area contributed by atoms with Crippen molar-refractivity contribution < 1.29 is 4.79 Å². The van der Waals surface area contributed by atoms with E-state index < -0.39 is 0 Å². The number of aromatic nitrogens is 2. The van der Waals surface area contributed by atoms with Crippen LogP contribution in [0.4, 0.5) is 5.82 Å². The van der Waals surface area contributed by atoms with Crippen LogP contribution in [-0.2, 0) is 13.1 Å². The number of rotatable bonds is 9. The molecule has 2 aromatic rings. The average molecular weight is 385 g/mol. The Bertz CT molecular complexity index is 771. The second-order valence-corrected chi connectivity index (χ2v) is 7.88. The molecular formula is C21H32N6O. The van der Waals surface area contributed by atoms with Gasteiger partial charge in [0.15, 0.2) is 5.82 Å². The zero-order valence-corrected chi connectivity index (χ0v) is 17.8. The number of carbonyl (C=O) groups excluding carboxylic acids is 1. The van der Waals surface area contributed by atoms with Crippen LogP contribution in [0.25, 0.3) is 0 Å². The highest BCUT2D eigenvalue weighted by Gasteiger charge is 2.15. The van der Waals surface area contributed by atoms with Gasteiger partial charge in [-0.15, -0.1) is 5.11 Å². The van der Waals surface area contributed by atoms with Crippen molar-refractivity contribution in [3.63, 3.8) is 0 Å². The Morgan fingerprint density at radius 3 is 2.32 bits per heavy atom. The summed E-state index contributed by atoms with van der Waals surface area (Å²) < 4.78 is 1.86. The molecule has 1 amide bonds. The van der Waals surface area contributed by atoms with Crippen LogP contribution in [0.2, 0.25) is 0 Å². The van der Waals surface area contributed by atoms with E-state index in [2.05, 4.69) is 62.3 Å². The molecule has 0 unspecified atom stereocenters. The quantitative estimate of drug-likeness (QED) is 0.508. The van der Waals surface area contributed by atoms with Crippen molar-refractivity contribution in [1.29, 1.82) is 0 Å². The molecule has 1 N–H and O–H groups in total. The van der Waals surface area contributed by atoms with Crippen molar-refractivity contribution in [2.45, 2.75) is 66.7 Å². The minimum Gasteiger partial charge on any atom is -0.348 e. The zero-order valence-electron chi connectivity index (χ0n) is 17.8. The van der Waals surface area contributed by atoms with Crippen molar-refractivity contribution in [1.82, 2.24) is 20.1 Å². The van der Waals surface area contributed by atoms with E-state index in [1.54, 1.807) is 18.3 Å². The van der Waals surface area contributed by atoms with Crippen LogP contribution in [0, 0.1) is 5.92 Å². The lowest BCUT2D eigenvalue weighted by molar-refractivity contribution is 0.0951. The van der Waals surface area contributed by atoms with Crippen LogP contribution < -0.4 is 5.32 Å². The normalized spacial score (nSPS) is 11.8. The zero-order chi connectivity index (χ0) is 20.7. The number of carbonyl (C=O) groups is 1. The molecule has 0 aliphatic heterocycles. The summed E-state index contributed by atoms with van der Waals surface area (Å²) in [5.74, 6) is 0.992. The first-order valence-corrected chi connectivity index (χ1v) is 9.87. The molecule has 0 radical (unpaired) electrons. The SMILES string of the molecule is CC(C)Cn1ncc(CNC(=O)c2ccccc2)c1/N=N/N(C(C)C)C(C)C. The Morgan fingerprint density at radius 1 is 1.11 bits per heavy atom. The van der Waals surface area contributed by atoms with E-state index in [-0.39, 0.29) is 18.0 Å². The third-order valence-electron chi connectivity index (χ3n) is 4.20. The topological polar surface area (TPSA) is 74.9 Å². The van der Waals surface area contributed by atoms with Gasteiger partial charge in [-0.1, -0.05) is 37.3 Å². The molecule has 0 saturated heterocycles. The lowest BCUT2D eigenvalue weighted by atomic mass is 10.2. The summed E-state index contributed by atoms with van der Waals surface area (Å²) in [6.45, 7) is 13.7. The van der Waals surface area contributed by atoms with E-state index in [4.69, 9.17) is 0 Å². The van der Waals surface area contributed by atoms with Gasteiger partial charge in [0.1, 0.15) is 0 Å². The second kappa shape index (κ2) is 10.0. The van der Waals surface area contributed by atoms with Gasteiger partial charge in [0, 0.05) is 36.3 Å². The first-order chi connectivity index (χ1) is 13.3. The van der Waals surface area contributed by atoms with E-state index in [0.717, 1.165) is 12.1 Å². The number of nitrogens with one attached hydrogen (secondary N) is 1. The van der Waals surface area contributed by atoms with Crippen LogP contribution in [0.1, 0.15) is 57.5 Å². The largest absolute Gasteiger partial charge is 0.348 e. The Kier molecular flexibility index (Phi) is 7.72. The molecule has 0 atom stereocenters. The predicted octanol–water partition coefficient (Wildman–Crippen LogP) is 4.59. The van der Waals surface area contributed by atoms with Crippen LogP contribution in [-0.4, -0.2) is 32.8 Å². The lowest BCUT2D eigenvalue weighted by Crippen LogP contribution is -2.31. The predicted molar refractivity (Wildman–Crippen MR) is 111 cm³/mol. The Hall–Kier alpha value is -2.70. The van der Waals surface area contributed by atoms with Crippen LogP contribution in [0.15, 0.2) is 46.9 Å². The van der Waals surface area contributed by atoms with Crippen LogP contribution in [0.3, 0.4) is 0 Å². The molecule has 7 heteroatoms. The summed E-state index contributed by atoms with van der Waals surface area (Å²) >= 11 is 0. The van der Waals surface area contributed by atoms with Gasteiger partial charge >= 0.3 is 0 Å². The molecule has 1 aromatic carbocycles. The highest BCUT2D eigenvalue weighted by molar-refractivity contribution is 5.94. The maximum absolute atomic E-state index is 12.4. The fourth-order valence-corrected chi connectivity index (χ4v) is 2.90. The summed E-state index contributed by atoms with van der Waals surface area (Å²) in [6, 6.07) is 9.66. The fraction of sp³-hybridized carbons (Fsp3) is 0.524. The lowest BCUT2D eigenvalue weighted by Gasteiger charge is -2.25. The molecule has 2 rings (SSSR count). The van der Waals surface area contributed by atoms with E-state index >= 15 is 0 Å². The maximum atomic E-state index is 12.4. The van der Waals surface area contributed by atoms with E-state index in [1.807, 2.05) is 27.9 Å². The van der Waals surface area contributed by atoms with Crippen molar-refractivity contribution in [2.75, 3.05) is 0 Å². The van der Waals surface area contributed by atoms with Crippen LogP contribution in [0.5, 0.6) is 0 Å². The number of benzene rings is 1. The molecule has 0 aliphatic carbocycles. The van der Waals surface area contributed by atoms with Gasteiger partial charge in [0.2, 0.25) is 0 Å². The summed E-state index contributed by atoms with van der Waals surface area (Å²) in [7, 11) is 0. The van der Waals surface area contributed by atoms with Crippen molar-refractivity contribution in [3.05, 3.63) is 47.7 Å².